The second-order valence-corrected chi connectivity index (χ2v) is 4.76. The Morgan fingerprint density at radius 2 is 1.45 bits per heavy atom. The average molecular weight is 300 g/mol. The summed E-state index contributed by atoms with van der Waals surface area (Å²) in [5.41, 5.74) is 0.909. The van der Waals surface area contributed by atoms with E-state index in [1.165, 1.54) is 7.11 Å². The molecule has 0 saturated heterocycles. The van der Waals surface area contributed by atoms with Crippen LogP contribution in [0.15, 0.2) is 54.6 Å². The summed E-state index contributed by atoms with van der Waals surface area (Å²) in [4.78, 5) is 11.2. The first-order valence-electron chi connectivity index (χ1n) is 7.24. The maximum atomic E-state index is 11.2. The van der Waals surface area contributed by atoms with Crippen LogP contribution in [0.5, 0.6) is 11.5 Å². The Morgan fingerprint density at radius 1 is 0.864 bits per heavy atom. The highest BCUT2D eigenvalue weighted by Crippen LogP contribution is 2.13. The molecule has 2 aromatic rings. The Morgan fingerprint density at radius 3 is 2.05 bits per heavy atom. The summed E-state index contributed by atoms with van der Waals surface area (Å²) in [5, 5.41) is 0. The number of ether oxygens (including phenoxy) is 3. The molecule has 22 heavy (non-hydrogen) atoms. The monoisotopic (exact) mass is 300 g/mol. The van der Waals surface area contributed by atoms with E-state index < -0.39 is 0 Å². The SMILES string of the molecule is COC(=O)Cc1ccc(OCCCOc2ccccc2)cc1. The predicted molar refractivity (Wildman–Crippen MR) is 84.2 cm³/mol. The number of methoxy groups -OCH3 is 1. The molecule has 0 aliphatic rings. The van der Waals surface area contributed by atoms with E-state index in [0.717, 1.165) is 23.5 Å². The number of hydrogen-bond donors (Lipinski definition) is 0. The minimum absolute atomic E-state index is 0.244. The predicted octanol–water partition coefficient (Wildman–Crippen LogP) is 3.25. The van der Waals surface area contributed by atoms with Gasteiger partial charge in [0.25, 0.3) is 0 Å². The number of rotatable bonds is 8. The third kappa shape index (κ3) is 5.48. The van der Waals surface area contributed by atoms with Crippen molar-refractivity contribution < 1.29 is 19.0 Å². The molecule has 0 fully saturated rings. The molecule has 0 aliphatic carbocycles. The normalized spacial score (nSPS) is 10.0. The van der Waals surface area contributed by atoms with Gasteiger partial charge < -0.3 is 14.2 Å². The van der Waals surface area contributed by atoms with Crippen LogP contribution in [0.4, 0.5) is 0 Å². The maximum absolute atomic E-state index is 11.2. The van der Waals surface area contributed by atoms with Crippen molar-refractivity contribution in [1.82, 2.24) is 0 Å². The van der Waals surface area contributed by atoms with Gasteiger partial charge in [-0.2, -0.15) is 0 Å². The highest BCUT2D eigenvalue weighted by molar-refractivity contribution is 5.72. The Kier molecular flexibility index (Phi) is 6.30. The molecule has 0 radical (unpaired) electrons. The van der Waals surface area contributed by atoms with Crippen LogP contribution in [0, 0.1) is 0 Å². The molecule has 0 atom stereocenters. The molecule has 0 unspecified atom stereocenters. The van der Waals surface area contributed by atoms with Crippen molar-refractivity contribution in [2.45, 2.75) is 12.8 Å². The van der Waals surface area contributed by atoms with Gasteiger partial charge in [0.1, 0.15) is 11.5 Å². The first kappa shape index (κ1) is 15.9. The van der Waals surface area contributed by atoms with Gasteiger partial charge in [0.2, 0.25) is 0 Å². The second kappa shape index (κ2) is 8.72. The zero-order chi connectivity index (χ0) is 15.6. The van der Waals surface area contributed by atoms with Crippen molar-refractivity contribution >= 4 is 5.97 Å². The van der Waals surface area contributed by atoms with E-state index in [9.17, 15) is 4.79 Å². The molecule has 0 N–H and O–H groups in total. The molecule has 2 rings (SSSR count). The molecule has 0 aliphatic heterocycles. The van der Waals surface area contributed by atoms with Crippen LogP contribution < -0.4 is 9.47 Å². The summed E-state index contributed by atoms with van der Waals surface area (Å²) in [7, 11) is 1.39. The quantitative estimate of drug-likeness (QED) is 0.554. The molecular weight excluding hydrogens is 280 g/mol. The van der Waals surface area contributed by atoms with Crippen LogP contribution in [0.3, 0.4) is 0 Å². The summed E-state index contributed by atoms with van der Waals surface area (Å²) in [6.45, 7) is 1.20. The third-order valence-electron chi connectivity index (χ3n) is 3.07. The fourth-order valence-corrected chi connectivity index (χ4v) is 1.90. The van der Waals surface area contributed by atoms with Crippen LogP contribution in [0.25, 0.3) is 0 Å². The highest BCUT2D eigenvalue weighted by atomic mass is 16.5. The van der Waals surface area contributed by atoms with Crippen molar-refractivity contribution in [2.24, 2.45) is 0 Å². The van der Waals surface area contributed by atoms with E-state index in [-0.39, 0.29) is 12.4 Å². The molecule has 0 amide bonds. The van der Waals surface area contributed by atoms with E-state index in [1.807, 2.05) is 54.6 Å². The Balaban J connectivity index is 1.65. The first-order chi connectivity index (χ1) is 10.8. The zero-order valence-electron chi connectivity index (χ0n) is 12.7. The Labute approximate surface area is 130 Å². The highest BCUT2D eigenvalue weighted by Gasteiger charge is 2.02. The maximum Gasteiger partial charge on any atom is 0.309 e. The second-order valence-electron chi connectivity index (χ2n) is 4.76. The fraction of sp³-hybridized carbons (Fsp3) is 0.278. The number of benzene rings is 2. The van der Waals surface area contributed by atoms with Gasteiger partial charge in [-0.3, -0.25) is 4.79 Å². The lowest BCUT2D eigenvalue weighted by Gasteiger charge is -2.08. The Bertz CT molecular complexity index is 563. The van der Waals surface area contributed by atoms with Crippen molar-refractivity contribution in [3.05, 3.63) is 60.2 Å². The van der Waals surface area contributed by atoms with Crippen molar-refractivity contribution in [1.29, 1.82) is 0 Å². The van der Waals surface area contributed by atoms with E-state index >= 15 is 0 Å². The average Bonchev–Trinajstić information content (AvgIpc) is 2.57. The summed E-state index contributed by atoms with van der Waals surface area (Å²) in [6.07, 6.45) is 1.08. The molecule has 4 nitrogen and oxygen atoms in total. The number of hydrogen-bond acceptors (Lipinski definition) is 4. The molecule has 2 aromatic carbocycles. The lowest BCUT2D eigenvalue weighted by atomic mass is 10.1. The van der Waals surface area contributed by atoms with E-state index in [4.69, 9.17) is 9.47 Å². The van der Waals surface area contributed by atoms with E-state index in [0.29, 0.717) is 13.2 Å². The van der Waals surface area contributed by atoms with Crippen molar-refractivity contribution in [3.63, 3.8) is 0 Å². The minimum atomic E-state index is -0.244. The van der Waals surface area contributed by atoms with Gasteiger partial charge in [-0.15, -0.1) is 0 Å². The summed E-state index contributed by atoms with van der Waals surface area (Å²) in [6, 6.07) is 17.2. The number of para-hydroxylation sites is 1. The molecule has 0 aromatic heterocycles. The number of carbonyl (C=O) groups excluding carboxylic acids is 1. The largest absolute Gasteiger partial charge is 0.493 e. The van der Waals surface area contributed by atoms with Gasteiger partial charge in [0.15, 0.2) is 0 Å². The number of esters is 1. The molecule has 0 spiro atoms. The van der Waals surface area contributed by atoms with Gasteiger partial charge in [0, 0.05) is 6.42 Å². The first-order valence-corrected chi connectivity index (χ1v) is 7.24. The summed E-state index contributed by atoms with van der Waals surface area (Å²) >= 11 is 0. The van der Waals surface area contributed by atoms with Crippen LogP contribution >= 0.6 is 0 Å². The molecular formula is C18H20O4. The van der Waals surface area contributed by atoms with E-state index in [2.05, 4.69) is 4.74 Å². The molecule has 0 saturated carbocycles. The third-order valence-corrected chi connectivity index (χ3v) is 3.07. The fourth-order valence-electron chi connectivity index (χ4n) is 1.90. The summed E-state index contributed by atoms with van der Waals surface area (Å²) < 4.78 is 15.9. The van der Waals surface area contributed by atoms with Gasteiger partial charge in [0.05, 0.1) is 26.7 Å². The molecule has 0 heterocycles. The topological polar surface area (TPSA) is 44.8 Å². The lowest BCUT2D eigenvalue weighted by molar-refractivity contribution is -0.139. The van der Waals surface area contributed by atoms with Crippen molar-refractivity contribution in [3.8, 4) is 11.5 Å². The van der Waals surface area contributed by atoms with E-state index in [1.54, 1.807) is 0 Å². The standard InChI is InChI=1S/C18H20O4/c1-20-18(19)14-15-8-10-17(11-9-15)22-13-5-12-21-16-6-3-2-4-7-16/h2-4,6-11H,5,12-14H2,1H3. The zero-order valence-corrected chi connectivity index (χ0v) is 12.7. The van der Waals surface area contributed by atoms with Gasteiger partial charge in [-0.05, 0) is 29.8 Å². The summed E-state index contributed by atoms with van der Waals surface area (Å²) in [5.74, 6) is 1.41. The van der Waals surface area contributed by atoms with Crippen LogP contribution in [0.2, 0.25) is 0 Å². The smallest absolute Gasteiger partial charge is 0.309 e. The minimum Gasteiger partial charge on any atom is -0.493 e. The lowest BCUT2D eigenvalue weighted by Crippen LogP contribution is -2.06. The Hall–Kier alpha value is -2.49. The van der Waals surface area contributed by atoms with Crippen LogP contribution in [0.1, 0.15) is 12.0 Å². The molecule has 4 heteroatoms. The van der Waals surface area contributed by atoms with Gasteiger partial charge in [-0.25, -0.2) is 0 Å². The van der Waals surface area contributed by atoms with Crippen LogP contribution in [-0.2, 0) is 16.0 Å². The van der Waals surface area contributed by atoms with Gasteiger partial charge >= 0.3 is 5.97 Å². The number of carbonyl (C=O) groups is 1. The molecule has 116 valence electrons. The van der Waals surface area contributed by atoms with Gasteiger partial charge in [-0.1, -0.05) is 30.3 Å². The molecule has 0 bridgehead atoms. The van der Waals surface area contributed by atoms with Crippen LogP contribution in [-0.4, -0.2) is 26.3 Å². The van der Waals surface area contributed by atoms with Crippen molar-refractivity contribution in [2.75, 3.05) is 20.3 Å².